The maximum atomic E-state index is 5.48. The molecule has 0 saturated carbocycles. The molecule has 4 rings (SSSR count). The molecule has 4 heterocycles. The molecular weight excluding hydrogens is 320 g/mol. The van der Waals surface area contributed by atoms with Gasteiger partial charge in [-0.3, -0.25) is 0 Å². The molecule has 25 heavy (non-hydrogen) atoms. The summed E-state index contributed by atoms with van der Waals surface area (Å²) < 4.78 is 12.6. The average molecular weight is 340 g/mol. The van der Waals surface area contributed by atoms with E-state index in [1.165, 1.54) is 0 Å². The van der Waals surface area contributed by atoms with Crippen molar-refractivity contribution in [2.24, 2.45) is 7.05 Å². The number of fused-ring (bicyclic) bond motifs is 1. The second kappa shape index (κ2) is 6.73. The summed E-state index contributed by atoms with van der Waals surface area (Å²) in [6.45, 7) is 3.38. The largest absolute Gasteiger partial charge is 0.378 e. The number of pyridine rings is 1. The molecule has 0 amide bonds. The molecule has 0 radical (unpaired) electrons. The minimum Gasteiger partial charge on any atom is -0.378 e. The first-order valence-electron chi connectivity index (χ1n) is 8.23. The van der Waals surface area contributed by atoms with E-state index in [1.807, 2.05) is 29.9 Å². The van der Waals surface area contributed by atoms with E-state index in [1.54, 1.807) is 13.3 Å². The highest BCUT2D eigenvalue weighted by molar-refractivity contribution is 5.87. The van der Waals surface area contributed by atoms with Gasteiger partial charge in [-0.1, -0.05) is 0 Å². The Morgan fingerprint density at radius 2 is 2.00 bits per heavy atom. The SMILES string of the molecule is COCc1ccc2nc(-c3nccn3C)nc(N3CCOCC3)c2n1. The number of imidazole rings is 1. The van der Waals surface area contributed by atoms with Crippen molar-refractivity contribution in [1.29, 1.82) is 0 Å². The third-order valence-electron chi connectivity index (χ3n) is 4.21. The Kier molecular flexibility index (Phi) is 4.29. The molecule has 0 unspecified atom stereocenters. The number of methoxy groups -OCH3 is 1. The van der Waals surface area contributed by atoms with E-state index < -0.39 is 0 Å². The molecule has 8 nitrogen and oxygen atoms in total. The van der Waals surface area contributed by atoms with Gasteiger partial charge in [0.15, 0.2) is 17.5 Å². The number of anilines is 1. The molecule has 0 bridgehead atoms. The van der Waals surface area contributed by atoms with Crippen LogP contribution in [0.3, 0.4) is 0 Å². The van der Waals surface area contributed by atoms with Crippen LogP contribution in [0.4, 0.5) is 5.82 Å². The molecule has 0 N–H and O–H groups in total. The quantitative estimate of drug-likeness (QED) is 0.710. The van der Waals surface area contributed by atoms with Crippen molar-refractivity contribution < 1.29 is 9.47 Å². The number of aromatic nitrogens is 5. The standard InChI is InChI=1S/C17H20N6O2/c1-22-6-5-18-17(22)15-20-13-4-3-12(11-24-2)19-14(13)16(21-15)23-7-9-25-10-8-23/h3-6H,7-11H2,1-2H3. The Balaban J connectivity index is 1.89. The van der Waals surface area contributed by atoms with Crippen LogP contribution in [0.2, 0.25) is 0 Å². The zero-order valence-electron chi connectivity index (χ0n) is 14.3. The summed E-state index contributed by atoms with van der Waals surface area (Å²) in [5.74, 6) is 2.16. The molecule has 1 saturated heterocycles. The summed E-state index contributed by atoms with van der Waals surface area (Å²) >= 11 is 0. The lowest BCUT2D eigenvalue weighted by molar-refractivity contribution is 0.122. The first-order chi connectivity index (χ1) is 12.3. The third kappa shape index (κ3) is 3.06. The fourth-order valence-electron chi connectivity index (χ4n) is 2.94. The Bertz CT molecular complexity index is 888. The number of rotatable bonds is 4. The van der Waals surface area contributed by atoms with Crippen LogP contribution < -0.4 is 4.90 Å². The Hall–Kier alpha value is -2.58. The minimum absolute atomic E-state index is 0.458. The lowest BCUT2D eigenvalue weighted by Crippen LogP contribution is -2.37. The van der Waals surface area contributed by atoms with E-state index in [0.29, 0.717) is 25.6 Å². The summed E-state index contributed by atoms with van der Waals surface area (Å²) in [6, 6.07) is 3.90. The highest BCUT2D eigenvalue weighted by atomic mass is 16.5. The summed E-state index contributed by atoms with van der Waals surface area (Å²) in [5, 5.41) is 0. The first-order valence-corrected chi connectivity index (χ1v) is 8.23. The molecule has 3 aromatic rings. The predicted octanol–water partition coefficient (Wildman–Crippen LogP) is 1.41. The number of aryl methyl sites for hydroxylation is 1. The van der Waals surface area contributed by atoms with Crippen molar-refractivity contribution in [2.75, 3.05) is 38.3 Å². The van der Waals surface area contributed by atoms with Gasteiger partial charge in [0.2, 0.25) is 0 Å². The second-order valence-electron chi connectivity index (χ2n) is 5.94. The number of ether oxygens (including phenoxy) is 2. The van der Waals surface area contributed by atoms with Gasteiger partial charge in [0, 0.05) is 39.6 Å². The van der Waals surface area contributed by atoms with Gasteiger partial charge in [0.1, 0.15) is 5.52 Å². The topological polar surface area (TPSA) is 78.2 Å². The first kappa shape index (κ1) is 15.9. The number of nitrogens with zero attached hydrogens (tertiary/aromatic N) is 6. The van der Waals surface area contributed by atoms with E-state index in [0.717, 1.165) is 41.5 Å². The van der Waals surface area contributed by atoms with Crippen LogP contribution in [-0.2, 0) is 23.1 Å². The summed E-state index contributed by atoms with van der Waals surface area (Å²) in [6.07, 6.45) is 3.63. The van der Waals surface area contributed by atoms with Gasteiger partial charge in [0.25, 0.3) is 0 Å². The molecule has 0 aromatic carbocycles. The summed E-state index contributed by atoms with van der Waals surface area (Å²) in [5.41, 5.74) is 2.45. The van der Waals surface area contributed by atoms with Crippen LogP contribution >= 0.6 is 0 Å². The lowest BCUT2D eigenvalue weighted by Gasteiger charge is -2.28. The summed E-state index contributed by atoms with van der Waals surface area (Å²) in [7, 11) is 3.60. The highest BCUT2D eigenvalue weighted by Crippen LogP contribution is 2.26. The zero-order chi connectivity index (χ0) is 17.2. The maximum Gasteiger partial charge on any atom is 0.198 e. The van der Waals surface area contributed by atoms with Gasteiger partial charge in [-0.25, -0.2) is 19.9 Å². The Labute approximate surface area is 145 Å². The van der Waals surface area contributed by atoms with Gasteiger partial charge < -0.3 is 18.9 Å². The van der Waals surface area contributed by atoms with E-state index in [2.05, 4.69) is 14.9 Å². The van der Waals surface area contributed by atoms with Crippen LogP contribution in [-0.4, -0.2) is 57.9 Å². The van der Waals surface area contributed by atoms with Gasteiger partial charge in [-0.15, -0.1) is 0 Å². The molecule has 1 aliphatic heterocycles. The molecule has 0 spiro atoms. The Morgan fingerprint density at radius 3 is 2.72 bits per heavy atom. The molecular formula is C17H20N6O2. The maximum absolute atomic E-state index is 5.48. The number of hydrogen-bond donors (Lipinski definition) is 0. The average Bonchev–Trinajstić information content (AvgIpc) is 3.08. The van der Waals surface area contributed by atoms with Crippen LogP contribution in [0.25, 0.3) is 22.7 Å². The van der Waals surface area contributed by atoms with E-state index in [9.17, 15) is 0 Å². The number of morpholine rings is 1. The molecule has 0 aliphatic carbocycles. The van der Waals surface area contributed by atoms with Crippen LogP contribution in [0, 0.1) is 0 Å². The second-order valence-corrected chi connectivity index (χ2v) is 5.94. The van der Waals surface area contributed by atoms with Crippen LogP contribution in [0.1, 0.15) is 5.69 Å². The van der Waals surface area contributed by atoms with Crippen molar-refractivity contribution in [3.8, 4) is 11.6 Å². The van der Waals surface area contributed by atoms with Crippen molar-refractivity contribution >= 4 is 16.9 Å². The van der Waals surface area contributed by atoms with Gasteiger partial charge >= 0.3 is 0 Å². The monoisotopic (exact) mass is 340 g/mol. The molecule has 8 heteroatoms. The van der Waals surface area contributed by atoms with E-state index in [4.69, 9.17) is 19.4 Å². The van der Waals surface area contributed by atoms with Crippen molar-refractivity contribution in [2.45, 2.75) is 6.61 Å². The minimum atomic E-state index is 0.458. The van der Waals surface area contributed by atoms with Gasteiger partial charge in [-0.2, -0.15) is 0 Å². The summed E-state index contributed by atoms with van der Waals surface area (Å²) in [4.78, 5) is 20.8. The fraction of sp³-hybridized carbons (Fsp3) is 0.412. The molecule has 0 atom stereocenters. The van der Waals surface area contributed by atoms with Crippen LogP contribution in [0.15, 0.2) is 24.5 Å². The number of hydrogen-bond acceptors (Lipinski definition) is 7. The van der Waals surface area contributed by atoms with Crippen molar-refractivity contribution in [3.63, 3.8) is 0 Å². The van der Waals surface area contributed by atoms with E-state index >= 15 is 0 Å². The fourth-order valence-corrected chi connectivity index (χ4v) is 2.94. The Morgan fingerprint density at radius 1 is 1.16 bits per heavy atom. The van der Waals surface area contributed by atoms with Crippen molar-refractivity contribution in [1.82, 2.24) is 24.5 Å². The molecule has 3 aromatic heterocycles. The molecule has 1 fully saturated rings. The van der Waals surface area contributed by atoms with E-state index in [-0.39, 0.29) is 0 Å². The smallest absolute Gasteiger partial charge is 0.198 e. The predicted molar refractivity (Wildman–Crippen MR) is 93.3 cm³/mol. The zero-order valence-corrected chi connectivity index (χ0v) is 14.3. The van der Waals surface area contributed by atoms with Gasteiger partial charge in [0.05, 0.1) is 31.0 Å². The normalized spacial score (nSPS) is 15.0. The van der Waals surface area contributed by atoms with Crippen LogP contribution in [0.5, 0.6) is 0 Å². The molecule has 1 aliphatic rings. The van der Waals surface area contributed by atoms with Gasteiger partial charge in [-0.05, 0) is 12.1 Å². The molecule has 130 valence electrons. The highest BCUT2D eigenvalue weighted by Gasteiger charge is 2.20. The lowest BCUT2D eigenvalue weighted by atomic mass is 10.2. The van der Waals surface area contributed by atoms with Crippen molar-refractivity contribution in [3.05, 3.63) is 30.2 Å². The third-order valence-corrected chi connectivity index (χ3v) is 4.21.